The van der Waals surface area contributed by atoms with Gasteiger partial charge in [-0.1, -0.05) is 34.1 Å². The maximum atomic E-state index is 14.1. The zero-order valence-corrected chi connectivity index (χ0v) is 15.5. The van der Waals surface area contributed by atoms with Crippen LogP contribution in [0.1, 0.15) is 30.5 Å². The fourth-order valence-corrected chi connectivity index (χ4v) is 3.14. The van der Waals surface area contributed by atoms with Gasteiger partial charge in [0.2, 0.25) is 0 Å². The van der Waals surface area contributed by atoms with E-state index < -0.39 is 29.9 Å². The molecule has 0 saturated carbocycles. The lowest BCUT2D eigenvalue weighted by atomic mass is 10.00. The number of halogens is 3. The van der Waals surface area contributed by atoms with Crippen molar-refractivity contribution in [3.8, 4) is 0 Å². The molecule has 2 unspecified atom stereocenters. The van der Waals surface area contributed by atoms with E-state index in [1.165, 1.54) is 18.2 Å². The Hall–Kier alpha value is -2.28. The van der Waals surface area contributed by atoms with Crippen molar-refractivity contribution in [1.82, 2.24) is 0 Å². The Morgan fingerprint density at radius 2 is 1.85 bits per heavy atom. The molecule has 4 nitrogen and oxygen atoms in total. The highest BCUT2D eigenvalue weighted by Gasteiger charge is 2.36. The molecular formula is C19H16BrF2NO3. The molecule has 26 heavy (non-hydrogen) atoms. The average Bonchev–Trinajstić information content (AvgIpc) is 2.99. The molecule has 1 aliphatic rings. The van der Waals surface area contributed by atoms with Crippen LogP contribution in [0.3, 0.4) is 0 Å². The van der Waals surface area contributed by atoms with Gasteiger partial charge in [0, 0.05) is 10.9 Å². The Kier molecular flexibility index (Phi) is 5.66. The number of ether oxygens (including phenoxy) is 2. The second-order valence-corrected chi connectivity index (χ2v) is 6.63. The second kappa shape index (κ2) is 7.95. The van der Waals surface area contributed by atoms with Crippen LogP contribution in [-0.4, -0.2) is 24.6 Å². The van der Waals surface area contributed by atoms with Crippen molar-refractivity contribution >= 4 is 27.8 Å². The molecule has 0 aromatic heterocycles. The van der Waals surface area contributed by atoms with E-state index >= 15 is 0 Å². The SMILES string of the molecule is CCOC(=O)OC1CC(c2c(F)cccc2F)=NC1c1ccc(Br)cc1. The molecule has 7 heteroatoms. The molecular weight excluding hydrogens is 408 g/mol. The van der Waals surface area contributed by atoms with Gasteiger partial charge in [-0.05, 0) is 36.8 Å². The standard InChI is InChI=1S/C19H16BrF2NO3/c1-2-25-19(24)26-16-10-15(17-13(21)4-3-5-14(17)22)23-18(16)11-6-8-12(20)9-7-11/h3-9,16,18H,2,10H2,1H3. The Bertz CT molecular complexity index is 819. The molecule has 2 aromatic carbocycles. The summed E-state index contributed by atoms with van der Waals surface area (Å²) in [4.78, 5) is 16.2. The third-order valence-electron chi connectivity index (χ3n) is 4.01. The summed E-state index contributed by atoms with van der Waals surface area (Å²) in [6.07, 6.45) is -1.44. The fraction of sp³-hybridized carbons (Fsp3) is 0.263. The first-order chi connectivity index (χ1) is 12.5. The van der Waals surface area contributed by atoms with E-state index in [-0.39, 0.29) is 24.3 Å². The average molecular weight is 424 g/mol. The van der Waals surface area contributed by atoms with E-state index in [1.807, 2.05) is 24.3 Å². The van der Waals surface area contributed by atoms with Crippen molar-refractivity contribution < 1.29 is 23.0 Å². The molecule has 1 aliphatic heterocycles. The van der Waals surface area contributed by atoms with Crippen molar-refractivity contribution in [2.45, 2.75) is 25.5 Å². The summed E-state index contributed by atoms with van der Waals surface area (Å²) in [7, 11) is 0. The first-order valence-electron chi connectivity index (χ1n) is 8.09. The number of carbonyl (C=O) groups excluding carboxylic acids is 1. The van der Waals surface area contributed by atoms with Crippen molar-refractivity contribution in [3.05, 3.63) is 69.7 Å². The first kappa shape index (κ1) is 18.5. The summed E-state index contributed by atoms with van der Waals surface area (Å²) in [5.41, 5.74) is 0.807. The lowest BCUT2D eigenvalue weighted by Crippen LogP contribution is -2.23. The smallest absolute Gasteiger partial charge is 0.435 e. The summed E-state index contributed by atoms with van der Waals surface area (Å²) in [6, 6.07) is 10.4. The van der Waals surface area contributed by atoms with Gasteiger partial charge in [0.25, 0.3) is 0 Å². The Morgan fingerprint density at radius 1 is 1.19 bits per heavy atom. The van der Waals surface area contributed by atoms with Crippen LogP contribution >= 0.6 is 15.9 Å². The molecule has 0 bridgehead atoms. The molecule has 2 atom stereocenters. The predicted octanol–water partition coefficient (Wildman–Crippen LogP) is 5.20. The number of hydrogen-bond acceptors (Lipinski definition) is 4. The van der Waals surface area contributed by atoms with Crippen LogP contribution in [0.15, 0.2) is 51.9 Å². The van der Waals surface area contributed by atoms with Gasteiger partial charge in [-0.25, -0.2) is 13.6 Å². The molecule has 0 spiro atoms. The van der Waals surface area contributed by atoms with Crippen LogP contribution in [0.25, 0.3) is 0 Å². The lowest BCUT2D eigenvalue weighted by Gasteiger charge is -2.18. The maximum Gasteiger partial charge on any atom is 0.508 e. The molecule has 0 aliphatic carbocycles. The van der Waals surface area contributed by atoms with E-state index in [9.17, 15) is 13.6 Å². The van der Waals surface area contributed by atoms with Crippen molar-refractivity contribution in [2.75, 3.05) is 6.61 Å². The summed E-state index contributed by atoms with van der Waals surface area (Å²) in [5, 5.41) is 0. The Labute approximate surface area is 158 Å². The maximum absolute atomic E-state index is 14.1. The summed E-state index contributed by atoms with van der Waals surface area (Å²) in [5.74, 6) is -1.40. The molecule has 0 amide bonds. The molecule has 0 saturated heterocycles. The van der Waals surface area contributed by atoms with Gasteiger partial charge in [-0.3, -0.25) is 4.99 Å². The third-order valence-corrected chi connectivity index (χ3v) is 4.54. The first-order valence-corrected chi connectivity index (χ1v) is 8.88. The molecule has 0 fully saturated rings. The third kappa shape index (κ3) is 3.93. The lowest BCUT2D eigenvalue weighted by molar-refractivity contribution is 0.0233. The highest BCUT2D eigenvalue weighted by molar-refractivity contribution is 9.10. The minimum absolute atomic E-state index is 0.0946. The predicted molar refractivity (Wildman–Crippen MR) is 96.3 cm³/mol. The van der Waals surface area contributed by atoms with Crippen molar-refractivity contribution in [1.29, 1.82) is 0 Å². The van der Waals surface area contributed by atoms with E-state index in [2.05, 4.69) is 20.9 Å². The molecule has 2 aromatic rings. The quantitative estimate of drug-likeness (QED) is 0.634. The Balaban J connectivity index is 1.96. The summed E-state index contributed by atoms with van der Waals surface area (Å²) in [6.45, 7) is 1.84. The van der Waals surface area contributed by atoms with Crippen LogP contribution in [0.4, 0.5) is 13.6 Å². The Morgan fingerprint density at radius 3 is 2.46 bits per heavy atom. The van der Waals surface area contributed by atoms with E-state index in [1.54, 1.807) is 6.92 Å². The number of nitrogens with zero attached hydrogens (tertiary/aromatic N) is 1. The van der Waals surface area contributed by atoms with Crippen LogP contribution in [-0.2, 0) is 9.47 Å². The van der Waals surface area contributed by atoms with Crippen LogP contribution in [0, 0.1) is 11.6 Å². The highest BCUT2D eigenvalue weighted by Crippen LogP contribution is 2.35. The van der Waals surface area contributed by atoms with E-state index in [0.717, 1.165) is 10.0 Å². The van der Waals surface area contributed by atoms with E-state index in [0.29, 0.717) is 0 Å². The molecule has 0 radical (unpaired) electrons. The van der Waals surface area contributed by atoms with Crippen LogP contribution < -0.4 is 0 Å². The topological polar surface area (TPSA) is 47.9 Å². The normalized spacial score (nSPS) is 19.2. The van der Waals surface area contributed by atoms with Gasteiger partial charge in [0.1, 0.15) is 23.8 Å². The minimum atomic E-state index is -0.829. The zero-order valence-electron chi connectivity index (χ0n) is 13.9. The van der Waals surface area contributed by atoms with Crippen LogP contribution in [0.2, 0.25) is 0 Å². The van der Waals surface area contributed by atoms with Gasteiger partial charge >= 0.3 is 6.16 Å². The number of benzene rings is 2. The number of aliphatic imine (C=N–C) groups is 1. The highest BCUT2D eigenvalue weighted by atomic mass is 79.9. The van der Waals surface area contributed by atoms with Crippen LogP contribution in [0.5, 0.6) is 0 Å². The summed E-state index contributed by atoms with van der Waals surface area (Å²) >= 11 is 3.36. The van der Waals surface area contributed by atoms with E-state index in [4.69, 9.17) is 9.47 Å². The number of rotatable bonds is 4. The van der Waals surface area contributed by atoms with Gasteiger partial charge in [-0.15, -0.1) is 0 Å². The fourth-order valence-electron chi connectivity index (χ4n) is 2.88. The zero-order chi connectivity index (χ0) is 18.7. The van der Waals surface area contributed by atoms with Gasteiger partial charge in [0.05, 0.1) is 17.9 Å². The largest absolute Gasteiger partial charge is 0.508 e. The van der Waals surface area contributed by atoms with Crippen molar-refractivity contribution in [3.63, 3.8) is 0 Å². The van der Waals surface area contributed by atoms with Crippen molar-refractivity contribution in [2.24, 2.45) is 4.99 Å². The van der Waals surface area contributed by atoms with Gasteiger partial charge in [0.15, 0.2) is 0 Å². The molecule has 136 valence electrons. The molecule has 1 heterocycles. The molecule has 0 N–H and O–H groups in total. The monoisotopic (exact) mass is 423 g/mol. The number of carbonyl (C=O) groups is 1. The summed E-state index contributed by atoms with van der Waals surface area (Å²) < 4.78 is 39.3. The number of hydrogen-bond donors (Lipinski definition) is 0. The van der Waals surface area contributed by atoms with Gasteiger partial charge in [-0.2, -0.15) is 0 Å². The molecule has 3 rings (SSSR count). The second-order valence-electron chi connectivity index (χ2n) is 5.71. The minimum Gasteiger partial charge on any atom is -0.435 e. The van der Waals surface area contributed by atoms with Gasteiger partial charge < -0.3 is 9.47 Å².